The lowest BCUT2D eigenvalue weighted by molar-refractivity contribution is 0.0734. The summed E-state index contributed by atoms with van der Waals surface area (Å²) < 4.78 is 11.9. The van der Waals surface area contributed by atoms with Crippen LogP contribution in [-0.2, 0) is 0 Å². The van der Waals surface area contributed by atoms with Gasteiger partial charge in [0.15, 0.2) is 0 Å². The van der Waals surface area contributed by atoms with Crippen molar-refractivity contribution in [1.82, 2.24) is 5.43 Å². The van der Waals surface area contributed by atoms with Crippen molar-refractivity contribution in [1.29, 1.82) is 0 Å². The molecular formula is C25H23BrN2O4. The van der Waals surface area contributed by atoms with Crippen LogP contribution < -0.4 is 14.9 Å². The maximum atomic E-state index is 12.6. The van der Waals surface area contributed by atoms with Gasteiger partial charge in [-0.05, 0) is 67.4 Å². The van der Waals surface area contributed by atoms with E-state index in [1.807, 2.05) is 26.0 Å². The summed E-state index contributed by atoms with van der Waals surface area (Å²) in [6.07, 6.45) is 2.34. The number of benzene rings is 3. The number of rotatable bonds is 8. The molecule has 1 amide bonds. The van der Waals surface area contributed by atoms with Crippen molar-refractivity contribution in [3.8, 4) is 11.5 Å². The topological polar surface area (TPSA) is 77.0 Å². The summed E-state index contributed by atoms with van der Waals surface area (Å²) in [6, 6.07) is 19.2. The Labute approximate surface area is 195 Å². The molecule has 0 aromatic heterocycles. The molecule has 3 aromatic rings. The molecule has 0 heterocycles. The van der Waals surface area contributed by atoms with Crippen molar-refractivity contribution in [3.63, 3.8) is 0 Å². The monoisotopic (exact) mass is 494 g/mol. The first-order chi connectivity index (χ1) is 15.5. The van der Waals surface area contributed by atoms with Gasteiger partial charge in [-0.2, -0.15) is 5.10 Å². The molecule has 1 N–H and O–H groups in total. The number of hydrazone groups is 1. The Hall–Kier alpha value is -3.45. The van der Waals surface area contributed by atoms with Gasteiger partial charge in [-0.25, -0.2) is 10.2 Å². The number of nitrogens with one attached hydrogen (secondary N) is 1. The van der Waals surface area contributed by atoms with Gasteiger partial charge >= 0.3 is 5.97 Å². The smallest absolute Gasteiger partial charge is 0.343 e. The lowest BCUT2D eigenvalue weighted by Crippen LogP contribution is -2.18. The van der Waals surface area contributed by atoms with Crippen LogP contribution in [0.25, 0.3) is 0 Å². The van der Waals surface area contributed by atoms with E-state index in [1.54, 1.807) is 54.6 Å². The molecule has 0 atom stereocenters. The van der Waals surface area contributed by atoms with Gasteiger partial charge in [0, 0.05) is 15.6 Å². The van der Waals surface area contributed by atoms with Crippen LogP contribution in [0.3, 0.4) is 0 Å². The summed E-state index contributed by atoms with van der Waals surface area (Å²) in [5.74, 6) is 0.189. The molecule has 7 heteroatoms. The van der Waals surface area contributed by atoms with Crippen LogP contribution in [0.2, 0.25) is 0 Å². The first-order valence-electron chi connectivity index (χ1n) is 10.1. The summed E-state index contributed by atoms with van der Waals surface area (Å²) in [4.78, 5) is 24.9. The number of esters is 1. The summed E-state index contributed by atoms with van der Waals surface area (Å²) >= 11 is 3.40. The summed E-state index contributed by atoms with van der Waals surface area (Å²) in [6.45, 7) is 4.50. The zero-order chi connectivity index (χ0) is 22.9. The highest BCUT2D eigenvalue weighted by atomic mass is 79.9. The second kappa shape index (κ2) is 11.2. The highest BCUT2D eigenvalue weighted by molar-refractivity contribution is 9.10. The SMILES string of the molecule is CCCOc1ccc(C(=O)Oc2ccc(Br)cc2/C=N/NC(=O)c2ccccc2C)cc1. The normalized spacial score (nSPS) is 10.7. The van der Waals surface area contributed by atoms with Gasteiger partial charge in [-0.15, -0.1) is 0 Å². The van der Waals surface area contributed by atoms with Crippen LogP contribution in [0.4, 0.5) is 0 Å². The van der Waals surface area contributed by atoms with Gasteiger partial charge in [-0.1, -0.05) is 41.1 Å². The third-order valence-electron chi connectivity index (χ3n) is 4.50. The zero-order valence-electron chi connectivity index (χ0n) is 17.8. The van der Waals surface area contributed by atoms with Crippen LogP contribution in [0.5, 0.6) is 11.5 Å². The molecule has 0 aliphatic carbocycles. The largest absolute Gasteiger partial charge is 0.494 e. The Morgan fingerprint density at radius 2 is 1.81 bits per heavy atom. The fourth-order valence-corrected chi connectivity index (χ4v) is 3.21. The number of amides is 1. The predicted octanol–water partition coefficient (Wildman–Crippen LogP) is 5.53. The minimum Gasteiger partial charge on any atom is -0.494 e. The van der Waals surface area contributed by atoms with Gasteiger partial charge in [-0.3, -0.25) is 4.79 Å². The highest BCUT2D eigenvalue weighted by Gasteiger charge is 2.12. The minimum absolute atomic E-state index is 0.318. The van der Waals surface area contributed by atoms with Gasteiger partial charge < -0.3 is 9.47 Å². The van der Waals surface area contributed by atoms with E-state index in [9.17, 15) is 9.59 Å². The van der Waals surface area contributed by atoms with E-state index in [0.29, 0.717) is 34.8 Å². The molecule has 0 fully saturated rings. The maximum Gasteiger partial charge on any atom is 0.343 e. The van der Waals surface area contributed by atoms with Crippen molar-refractivity contribution in [2.45, 2.75) is 20.3 Å². The number of halogens is 1. The second-order valence-electron chi connectivity index (χ2n) is 6.96. The quantitative estimate of drug-likeness (QED) is 0.193. The molecule has 32 heavy (non-hydrogen) atoms. The molecule has 0 spiro atoms. The van der Waals surface area contributed by atoms with Crippen molar-refractivity contribution in [3.05, 3.63) is 93.5 Å². The number of carbonyl (C=O) groups is 2. The van der Waals surface area contributed by atoms with Gasteiger partial charge in [0.25, 0.3) is 5.91 Å². The van der Waals surface area contributed by atoms with Gasteiger partial charge in [0.1, 0.15) is 11.5 Å². The lowest BCUT2D eigenvalue weighted by Gasteiger charge is -2.09. The van der Waals surface area contributed by atoms with Crippen LogP contribution in [-0.4, -0.2) is 24.7 Å². The van der Waals surface area contributed by atoms with Gasteiger partial charge in [0.05, 0.1) is 18.4 Å². The molecule has 0 saturated heterocycles. The first-order valence-corrected chi connectivity index (χ1v) is 10.9. The molecule has 6 nitrogen and oxygen atoms in total. The Morgan fingerprint density at radius 1 is 1.06 bits per heavy atom. The molecule has 164 valence electrons. The fraction of sp³-hybridized carbons (Fsp3) is 0.160. The van der Waals surface area contributed by atoms with Crippen molar-refractivity contribution in [2.75, 3.05) is 6.61 Å². The third-order valence-corrected chi connectivity index (χ3v) is 4.99. The van der Waals surface area contributed by atoms with E-state index in [4.69, 9.17) is 9.47 Å². The summed E-state index contributed by atoms with van der Waals surface area (Å²) in [5.41, 5.74) is 4.82. The van der Waals surface area contributed by atoms with Crippen LogP contribution in [0.1, 0.15) is 45.2 Å². The number of hydrogen-bond donors (Lipinski definition) is 1. The number of aryl methyl sites for hydroxylation is 1. The van der Waals surface area contributed by atoms with E-state index in [-0.39, 0.29) is 5.91 Å². The van der Waals surface area contributed by atoms with Crippen molar-refractivity contribution >= 4 is 34.0 Å². The average molecular weight is 495 g/mol. The maximum absolute atomic E-state index is 12.6. The highest BCUT2D eigenvalue weighted by Crippen LogP contribution is 2.23. The Bertz CT molecular complexity index is 1130. The fourth-order valence-electron chi connectivity index (χ4n) is 2.83. The minimum atomic E-state index is -0.507. The summed E-state index contributed by atoms with van der Waals surface area (Å²) in [7, 11) is 0. The average Bonchev–Trinajstić information content (AvgIpc) is 2.80. The van der Waals surface area contributed by atoms with Crippen molar-refractivity contribution in [2.24, 2.45) is 5.10 Å². The number of carbonyl (C=O) groups excluding carboxylic acids is 2. The summed E-state index contributed by atoms with van der Waals surface area (Å²) in [5, 5.41) is 4.03. The zero-order valence-corrected chi connectivity index (χ0v) is 19.4. The molecule has 0 saturated carbocycles. The first kappa shape index (κ1) is 23.2. The number of hydrogen-bond acceptors (Lipinski definition) is 5. The number of nitrogens with zero attached hydrogens (tertiary/aromatic N) is 1. The van der Waals surface area contributed by atoms with Gasteiger partial charge in [0.2, 0.25) is 0 Å². The van der Waals surface area contributed by atoms with Crippen LogP contribution >= 0.6 is 15.9 Å². The molecule has 0 aliphatic rings. The molecule has 0 radical (unpaired) electrons. The van der Waals surface area contributed by atoms with E-state index in [2.05, 4.69) is 26.5 Å². The predicted molar refractivity (Wildman–Crippen MR) is 128 cm³/mol. The second-order valence-corrected chi connectivity index (χ2v) is 7.87. The molecular weight excluding hydrogens is 472 g/mol. The molecule has 0 aliphatic heterocycles. The van der Waals surface area contributed by atoms with Crippen molar-refractivity contribution < 1.29 is 19.1 Å². The molecule has 0 unspecified atom stereocenters. The molecule has 3 aromatic carbocycles. The van der Waals surface area contributed by atoms with E-state index < -0.39 is 5.97 Å². The number of ether oxygens (including phenoxy) is 2. The van der Waals surface area contributed by atoms with E-state index in [0.717, 1.165) is 16.5 Å². The Kier molecular flexibility index (Phi) is 8.16. The Morgan fingerprint density at radius 3 is 2.53 bits per heavy atom. The van der Waals surface area contributed by atoms with Crippen LogP contribution in [0.15, 0.2) is 76.3 Å². The molecule has 3 rings (SSSR count). The Balaban J connectivity index is 1.70. The van der Waals surface area contributed by atoms with E-state index in [1.165, 1.54) is 6.21 Å². The standard InChI is InChI=1S/C25H23BrN2O4/c1-3-14-31-21-11-8-18(9-12-21)25(30)32-23-13-10-20(26)15-19(23)16-27-28-24(29)22-7-5-4-6-17(22)2/h4-13,15-16H,3,14H2,1-2H3,(H,28,29)/b27-16+. The van der Waals surface area contributed by atoms with Crippen LogP contribution in [0, 0.1) is 6.92 Å². The van der Waals surface area contributed by atoms with E-state index >= 15 is 0 Å². The lowest BCUT2D eigenvalue weighted by atomic mass is 10.1. The molecule has 0 bridgehead atoms. The third kappa shape index (κ3) is 6.28.